The van der Waals surface area contributed by atoms with Gasteiger partial charge in [0.15, 0.2) is 0 Å². The molecule has 3 N–H and O–H groups in total. The summed E-state index contributed by atoms with van der Waals surface area (Å²) in [6.07, 6.45) is 4.75. The summed E-state index contributed by atoms with van der Waals surface area (Å²) < 4.78 is 28.1. The van der Waals surface area contributed by atoms with Crippen molar-refractivity contribution < 1.29 is 23.1 Å². The molecule has 36 heavy (non-hydrogen) atoms. The van der Waals surface area contributed by atoms with Crippen molar-refractivity contribution in [2.24, 2.45) is 11.8 Å². The van der Waals surface area contributed by atoms with E-state index >= 15 is 0 Å². The van der Waals surface area contributed by atoms with Gasteiger partial charge in [-0.3, -0.25) is 9.78 Å². The summed E-state index contributed by atoms with van der Waals surface area (Å²) in [6.45, 7) is 1.02. The zero-order valence-corrected chi connectivity index (χ0v) is 20.4. The largest absolute Gasteiger partial charge is 0.465 e. The van der Waals surface area contributed by atoms with Gasteiger partial charge in [0.1, 0.15) is 0 Å². The van der Waals surface area contributed by atoms with E-state index in [1.54, 1.807) is 36.7 Å². The summed E-state index contributed by atoms with van der Waals surface area (Å²) in [5.74, 6) is -0.186. The number of fused-ring (bicyclic) bond motifs is 1. The maximum absolute atomic E-state index is 12.8. The van der Waals surface area contributed by atoms with Crippen molar-refractivity contribution in [3.63, 3.8) is 0 Å². The number of anilines is 1. The fourth-order valence-electron chi connectivity index (χ4n) is 4.86. The summed E-state index contributed by atoms with van der Waals surface area (Å²) in [6, 6.07) is 14.3. The lowest BCUT2D eigenvalue weighted by atomic mass is 9.99. The van der Waals surface area contributed by atoms with E-state index in [1.165, 1.54) is 4.90 Å². The van der Waals surface area contributed by atoms with Crippen LogP contribution in [0, 0.1) is 11.8 Å². The van der Waals surface area contributed by atoms with E-state index in [4.69, 9.17) is 5.11 Å². The summed E-state index contributed by atoms with van der Waals surface area (Å²) in [7, 11) is -3.71. The molecule has 5 rings (SSSR count). The number of rotatable bonds is 7. The first kappa shape index (κ1) is 24.2. The van der Waals surface area contributed by atoms with Crippen LogP contribution in [0.25, 0.3) is 10.8 Å². The molecular formula is C26H28N4O5S. The molecule has 188 valence electrons. The molecule has 2 aromatic carbocycles. The van der Waals surface area contributed by atoms with Gasteiger partial charge in [0.2, 0.25) is 15.9 Å². The Morgan fingerprint density at radius 1 is 1.08 bits per heavy atom. The molecule has 1 aliphatic carbocycles. The average Bonchev–Trinajstić information content (AvgIpc) is 3.69. The SMILES string of the molecule is O=C(Nc1ccc2cnccc2c1)C1CC1c1ccc(S(=O)(=O)NC[C@@H]2CCCN(C(=O)O)C2)cc1. The second-order valence-corrected chi connectivity index (χ2v) is 11.3. The standard InChI is InChI=1S/C26H28N4O5S/c31-25(29-21-6-3-20-15-27-10-9-19(20)12-21)24-13-23(24)18-4-7-22(8-5-18)36(34,35)28-14-17-2-1-11-30(16-17)26(32)33/h3-10,12,15,17,23-24,28H,1-2,11,13-14,16H2,(H,29,31)(H,32,33)/t17-,23?,24?/m0/s1. The number of carbonyl (C=O) groups excluding carboxylic acids is 1. The highest BCUT2D eigenvalue weighted by atomic mass is 32.2. The van der Waals surface area contributed by atoms with Gasteiger partial charge >= 0.3 is 6.09 Å². The second kappa shape index (κ2) is 9.87. The van der Waals surface area contributed by atoms with E-state index in [0.717, 1.165) is 41.3 Å². The number of benzene rings is 2. The van der Waals surface area contributed by atoms with Crippen molar-refractivity contribution in [2.75, 3.05) is 25.0 Å². The minimum Gasteiger partial charge on any atom is -0.465 e. The predicted molar refractivity (Wildman–Crippen MR) is 135 cm³/mol. The topological polar surface area (TPSA) is 129 Å². The molecule has 1 aliphatic heterocycles. The highest BCUT2D eigenvalue weighted by molar-refractivity contribution is 7.89. The molecule has 3 aromatic rings. The first-order valence-electron chi connectivity index (χ1n) is 12.0. The Kier molecular flexibility index (Phi) is 6.63. The van der Waals surface area contributed by atoms with Gasteiger partial charge in [-0.05, 0) is 72.4 Å². The molecule has 1 saturated heterocycles. The van der Waals surface area contributed by atoms with Gasteiger partial charge in [-0.2, -0.15) is 0 Å². The Hall–Kier alpha value is -3.50. The van der Waals surface area contributed by atoms with Crippen LogP contribution in [-0.4, -0.2) is 55.0 Å². The predicted octanol–water partition coefficient (Wildman–Crippen LogP) is 3.65. The molecule has 2 aliphatic rings. The average molecular weight is 509 g/mol. The molecule has 0 bridgehead atoms. The van der Waals surface area contributed by atoms with Gasteiger partial charge in [-0.1, -0.05) is 18.2 Å². The maximum atomic E-state index is 12.8. The van der Waals surface area contributed by atoms with Crippen LogP contribution < -0.4 is 10.0 Å². The van der Waals surface area contributed by atoms with E-state index in [0.29, 0.717) is 13.1 Å². The van der Waals surface area contributed by atoms with Gasteiger partial charge in [-0.15, -0.1) is 0 Å². The summed E-state index contributed by atoms with van der Waals surface area (Å²) in [5, 5.41) is 14.2. The number of pyridine rings is 1. The zero-order valence-electron chi connectivity index (χ0n) is 19.6. The second-order valence-electron chi connectivity index (χ2n) is 9.53. The quantitative estimate of drug-likeness (QED) is 0.447. The Bertz CT molecular complexity index is 1390. The van der Waals surface area contributed by atoms with Gasteiger partial charge in [0.05, 0.1) is 4.90 Å². The number of nitrogens with zero attached hydrogens (tertiary/aromatic N) is 2. The van der Waals surface area contributed by atoms with Crippen molar-refractivity contribution in [1.82, 2.24) is 14.6 Å². The molecule has 3 atom stereocenters. The Morgan fingerprint density at radius 3 is 2.67 bits per heavy atom. The van der Waals surface area contributed by atoms with Crippen LogP contribution in [-0.2, 0) is 14.8 Å². The number of aromatic nitrogens is 1. The monoisotopic (exact) mass is 508 g/mol. The third kappa shape index (κ3) is 5.34. The minimum absolute atomic E-state index is 0.0466. The molecule has 1 aromatic heterocycles. The minimum atomic E-state index is -3.71. The highest BCUT2D eigenvalue weighted by Gasteiger charge is 2.44. The van der Waals surface area contributed by atoms with E-state index in [-0.39, 0.29) is 35.1 Å². The van der Waals surface area contributed by atoms with Crippen LogP contribution in [0.5, 0.6) is 0 Å². The van der Waals surface area contributed by atoms with Crippen LogP contribution in [0.4, 0.5) is 10.5 Å². The van der Waals surface area contributed by atoms with Crippen LogP contribution in [0.1, 0.15) is 30.7 Å². The smallest absolute Gasteiger partial charge is 0.407 e. The lowest BCUT2D eigenvalue weighted by Gasteiger charge is -2.30. The Labute approximate surface area is 209 Å². The third-order valence-electron chi connectivity index (χ3n) is 7.01. The number of hydrogen-bond donors (Lipinski definition) is 3. The number of sulfonamides is 1. The number of likely N-dealkylation sites (tertiary alicyclic amines) is 1. The fraction of sp³-hybridized carbons (Fsp3) is 0.346. The molecule has 2 unspecified atom stereocenters. The van der Waals surface area contributed by atoms with E-state index in [9.17, 15) is 18.0 Å². The molecule has 10 heteroatoms. The molecule has 0 radical (unpaired) electrons. The maximum Gasteiger partial charge on any atom is 0.407 e. The van der Waals surface area contributed by atoms with E-state index in [1.807, 2.05) is 24.3 Å². The van der Waals surface area contributed by atoms with Crippen LogP contribution >= 0.6 is 0 Å². The molecule has 2 fully saturated rings. The molecule has 2 amide bonds. The normalized spacial score (nSPS) is 21.8. The third-order valence-corrected chi connectivity index (χ3v) is 8.44. The van der Waals surface area contributed by atoms with Crippen molar-refractivity contribution in [1.29, 1.82) is 0 Å². The molecule has 1 saturated carbocycles. The number of carboxylic acid groups (broad SMARTS) is 1. The van der Waals surface area contributed by atoms with Crippen molar-refractivity contribution in [2.45, 2.75) is 30.1 Å². The molecule has 2 heterocycles. The summed E-state index contributed by atoms with van der Waals surface area (Å²) in [5.41, 5.74) is 1.67. The summed E-state index contributed by atoms with van der Waals surface area (Å²) in [4.78, 5) is 29.5. The van der Waals surface area contributed by atoms with Crippen molar-refractivity contribution in [3.05, 3.63) is 66.5 Å². The van der Waals surface area contributed by atoms with Crippen molar-refractivity contribution >= 4 is 38.5 Å². The highest BCUT2D eigenvalue weighted by Crippen LogP contribution is 2.48. The van der Waals surface area contributed by atoms with Gasteiger partial charge in [0, 0.05) is 49.0 Å². The zero-order chi connectivity index (χ0) is 25.3. The first-order valence-corrected chi connectivity index (χ1v) is 13.5. The van der Waals surface area contributed by atoms with Crippen LogP contribution in [0.3, 0.4) is 0 Å². The number of amides is 2. The molecule has 9 nitrogen and oxygen atoms in total. The van der Waals surface area contributed by atoms with E-state index < -0.39 is 16.1 Å². The van der Waals surface area contributed by atoms with Gasteiger partial charge in [-0.25, -0.2) is 17.9 Å². The lowest BCUT2D eigenvalue weighted by molar-refractivity contribution is -0.117. The van der Waals surface area contributed by atoms with E-state index in [2.05, 4.69) is 15.0 Å². The van der Waals surface area contributed by atoms with Crippen molar-refractivity contribution in [3.8, 4) is 0 Å². The van der Waals surface area contributed by atoms with Crippen LogP contribution in [0.15, 0.2) is 65.8 Å². The number of carbonyl (C=O) groups is 2. The Balaban J connectivity index is 1.16. The number of hydrogen-bond acceptors (Lipinski definition) is 5. The number of nitrogens with one attached hydrogen (secondary N) is 2. The van der Waals surface area contributed by atoms with Gasteiger partial charge < -0.3 is 15.3 Å². The number of piperidine rings is 1. The lowest BCUT2D eigenvalue weighted by Crippen LogP contribution is -2.43. The molecular weight excluding hydrogens is 480 g/mol. The summed E-state index contributed by atoms with van der Waals surface area (Å²) >= 11 is 0. The van der Waals surface area contributed by atoms with Gasteiger partial charge in [0.25, 0.3) is 0 Å². The molecule has 0 spiro atoms. The first-order chi connectivity index (χ1) is 17.3. The fourth-order valence-corrected chi connectivity index (χ4v) is 5.98. The Morgan fingerprint density at radius 2 is 1.89 bits per heavy atom. The van der Waals surface area contributed by atoms with Crippen LogP contribution in [0.2, 0.25) is 0 Å².